The van der Waals surface area contributed by atoms with Crippen molar-refractivity contribution in [2.45, 2.75) is 0 Å². The fraction of sp³-hybridized carbons (Fsp3) is 0.280. The molecule has 0 aromatic heterocycles. The molecule has 1 saturated carbocycles. The normalized spacial score (nSPS) is 21.6. The van der Waals surface area contributed by atoms with Gasteiger partial charge in [-0.2, -0.15) is 0 Å². The standard InChI is InChI=1S/C25H22ClNO4/c1-30-21-8-4-7-20(26)23(21)17-6-3-5-14-11-15(9-10-16(14)17)24(28)27-12-18-19(13-27)22(18)25(29)31-2/h3-11,18-19,22H,12-13H2,1-2H3/t18-,19+,22?. The zero-order valence-corrected chi connectivity index (χ0v) is 18.1. The quantitative estimate of drug-likeness (QED) is 0.559. The Morgan fingerprint density at radius 3 is 2.45 bits per heavy atom. The number of piperidine rings is 1. The van der Waals surface area contributed by atoms with E-state index >= 15 is 0 Å². The van der Waals surface area contributed by atoms with Gasteiger partial charge in [-0.25, -0.2) is 0 Å². The van der Waals surface area contributed by atoms with E-state index in [0.29, 0.717) is 29.4 Å². The molecule has 0 radical (unpaired) electrons. The number of esters is 1. The molecule has 1 amide bonds. The summed E-state index contributed by atoms with van der Waals surface area (Å²) in [5, 5.41) is 2.58. The van der Waals surface area contributed by atoms with Crippen LogP contribution < -0.4 is 4.74 Å². The molecule has 2 aliphatic rings. The highest BCUT2D eigenvalue weighted by atomic mass is 35.5. The van der Waals surface area contributed by atoms with Gasteiger partial charge >= 0.3 is 5.97 Å². The van der Waals surface area contributed by atoms with E-state index in [9.17, 15) is 9.59 Å². The maximum absolute atomic E-state index is 13.1. The molecule has 0 N–H and O–H groups in total. The molecular weight excluding hydrogens is 414 g/mol. The van der Waals surface area contributed by atoms with Gasteiger partial charge in [-0.3, -0.25) is 9.59 Å². The number of hydrogen-bond donors (Lipinski definition) is 0. The van der Waals surface area contributed by atoms with Gasteiger partial charge in [-0.05, 0) is 52.4 Å². The summed E-state index contributed by atoms with van der Waals surface area (Å²) >= 11 is 6.50. The number of halogens is 1. The molecule has 2 fully saturated rings. The van der Waals surface area contributed by atoms with Crippen molar-refractivity contribution in [3.05, 3.63) is 65.2 Å². The Morgan fingerprint density at radius 2 is 1.74 bits per heavy atom. The van der Waals surface area contributed by atoms with E-state index in [1.165, 1.54) is 7.11 Å². The highest BCUT2D eigenvalue weighted by Gasteiger charge is 2.60. The zero-order chi connectivity index (χ0) is 21.7. The fourth-order valence-electron chi connectivity index (χ4n) is 4.93. The van der Waals surface area contributed by atoms with E-state index in [1.807, 2.05) is 59.5 Å². The molecule has 3 atom stereocenters. The van der Waals surface area contributed by atoms with E-state index < -0.39 is 0 Å². The first-order chi connectivity index (χ1) is 15.0. The van der Waals surface area contributed by atoms with Crippen molar-refractivity contribution < 1.29 is 19.1 Å². The second kappa shape index (κ2) is 7.57. The molecule has 6 heteroatoms. The van der Waals surface area contributed by atoms with Gasteiger partial charge in [-0.1, -0.05) is 41.9 Å². The number of carbonyl (C=O) groups excluding carboxylic acids is 2. The summed E-state index contributed by atoms with van der Waals surface area (Å²) in [4.78, 5) is 26.7. The van der Waals surface area contributed by atoms with Crippen LogP contribution in [0.3, 0.4) is 0 Å². The van der Waals surface area contributed by atoms with Crippen LogP contribution in [0.25, 0.3) is 21.9 Å². The molecule has 1 aliphatic heterocycles. The third kappa shape index (κ3) is 3.24. The predicted octanol–water partition coefficient (Wildman–Crippen LogP) is 4.66. The number of nitrogens with zero attached hydrogens (tertiary/aromatic N) is 1. The molecule has 0 bridgehead atoms. The topological polar surface area (TPSA) is 55.8 Å². The highest BCUT2D eigenvalue weighted by Crippen LogP contribution is 2.52. The van der Waals surface area contributed by atoms with Crippen molar-refractivity contribution in [2.24, 2.45) is 17.8 Å². The summed E-state index contributed by atoms with van der Waals surface area (Å²) in [5.41, 5.74) is 2.44. The van der Waals surface area contributed by atoms with Gasteiger partial charge in [0, 0.05) is 24.2 Å². The lowest BCUT2D eigenvalue weighted by Gasteiger charge is -2.20. The van der Waals surface area contributed by atoms with E-state index in [2.05, 4.69) is 0 Å². The van der Waals surface area contributed by atoms with Crippen LogP contribution in [0.1, 0.15) is 10.4 Å². The van der Waals surface area contributed by atoms with Crippen molar-refractivity contribution in [3.8, 4) is 16.9 Å². The largest absolute Gasteiger partial charge is 0.496 e. The van der Waals surface area contributed by atoms with Crippen LogP contribution in [0.4, 0.5) is 0 Å². The molecule has 1 unspecified atom stereocenters. The minimum atomic E-state index is -0.157. The van der Waals surface area contributed by atoms with Crippen LogP contribution in [0, 0.1) is 17.8 Å². The van der Waals surface area contributed by atoms with E-state index in [0.717, 1.165) is 21.9 Å². The number of likely N-dealkylation sites (tertiary alicyclic amines) is 1. The number of hydrogen-bond acceptors (Lipinski definition) is 4. The Morgan fingerprint density at radius 1 is 1.00 bits per heavy atom. The van der Waals surface area contributed by atoms with Crippen LogP contribution in [-0.2, 0) is 9.53 Å². The molecule has 5 rings (SSSR count). The molecular formula is C25H22ClNO4. The molecule has 1 saturated heterocycles. The molecule has 0 spiro atoms. The summed E-state index contributed by atoms with van der Waals surface area (Å²) in [5.74, 6) is 0.969. The third-order valence-electron chi connectivity index (χ3n) is 6.55. The fourth-order valence-corrected chi connectivity index (χ4v) is 5.20. The Hall–Kier alpha value is -3.05. The van der Waals surface area contributed by atoms with Crippen molar-refractivity contribution in [1.82, 2.24) is 4.90 Å². The smallest absolute Gasteiger partial charge is 0.309 e. The number of ether oxygens (including phenoxy) is 2. The van der Waals surface area contributed by atoms with Crippen molar-refractivity contribution in [1.29, 1.82) is 0 Å². The maximum Gasteiger partial charge on any atom is 0.309 e. The number of benzene rings is 3. The Labute approximate surface area is 185 Å². The molecule has 5 nitrogen and oxygen atoms in total. The number of amides is 1. The average Bonchev–Trinajstić information content (AvgIpc) is 3.30. The highest BCUT2D eigenvalue weighted by molar-refractivity contribution is 6.34. The van der Waals surface area contributed by atoms with Crippen LogP contribution in [0.5, 0.6) is 5.75 Å². The van der Waals surface area contributed by atoms with E-state index in [1.54, 1.807) is 7.11 Å². The molecule has 158 valence electrons. The Kier molecular flexibility index (Phi) is 4.86. The number of rotatable bonds is 4. The Bertz CT molecular complexity index is 1200. The van der Waals surface area contributed by atoms with Crippen molar-refractivity contribution in [2.75, 3.05) is 27.3 Å². The van der Waals surface area contributed by atoms with E-state index in [4.69, 9.17) is 21.1 Å². The molecule has 1 aliphatic carbocycles. The zero-order valence-electron chi connectivity index (χ0n) is 17.3. The lowest BCUT2D eigenvalue weighted by atomic mass is 9.96. The maximum atomic E-state index is 13.1. The van der Waals surface area contributed by atoms with Gasteiger partial charge in [-0.15, -0.1) is 0 Å². The minimum Gasteiger partial charge on any atom is -0.496 e. The van der Waals surface area contributed by atoms with Gasteiger partial charge < -0.3 is 14.4 Å². The molecule has 1 heterocycles. The predicted molar refractivity (Wildman–Crippen MR) is 119 cm³/mol. The number of fused-ring (bicyclic) bond motifs is 2. The minimum absolute atomic E-state index is 0.00144. The second-order valence-electron chi connectivity index (χ2n) is 8.15. The lowest BCUT2D eigenvalue weighted by Crippen LogP contribution is -2.32. The number of methoxy groups -OCH3 is 2. The van der Waals surface area contributed by atoms with Crippen LogP contribution in [0.15, 0.2) is 54.6 Å². The summed E-state index contributed by atoms with van der Waals surface area (Å²) in [6.45, 7) is 1.22. The van der Waals surface area contributed by atoms with Gasteiger partial charge in [0.1, 0.15) is 5.75 Å². The summed E-state index contributed by atoms with van der Waals surface area (Å²) < 4.78 is 10.4. The third-order valence-corrected chi connectivity index (χ3v) is 6.86. The van der Waals surface area contributed by atoms with Crippen LogP contribution in [-0.4, -0.2) is 44.1 Å². The average molecular weight is 436 g/mol. The number of carbonyl (C=O) groups is 2. The van der Waals surface area contributed by atoms with Gasteiger partial charge in [0.2, 0.25) is 0 Å². The van der Waals surface area contributed by atoms with Crippen LogP contribution >= 0.6 is 11.6 Å². The first kappa shape index (κ1) is 19.9. The first-order valence-corrected chi connectivity index (χ1v) is 10.6. The summed E-state index contributed by atoms with van der Waals surface area (Å²) in [6.07, 6.45) is 0. The van der Waals surface area contributed by atoms with Gasteiger partial charge in [0.05, 0.1) is 25.2 Å². The van der Waals surface area contributed by atoms with Gasteiger partial charge in [0.15, 0.2) is 0 Å². The monoisotopic (exact) mass is 435 g/mol. The lowest BCUT2D eigenvalue weighted by molar-refractivity contribution is -0.143. The van der Waals surface area contributed by atoms with Crippen molar-refractivity contribution >= 4 is 34.2 Å². The van der Waals surface area contributed by atoms with E-state index in [-0.39, 0.29) is 29.6 Å². The summed E-state index contributed by atoms with van der Waals surface area (Å²) in [7, 11) is 3.04. The SMILES string of the molecule is COC(=O)C1[C@H]2CN(C(=O)c3ccc4c(-c5c(Cl)cccc5OC)cccc4c3)C[C@@H]12. The van der Waals surface area contributed by atoms with Crippen LogP contribution in [0.2, 0.25) is 5.02 Å². The summed E-state index contributed by atoms with van der Waals surface area (Å²) in [6, 6.07) is 17.3. The Balaban J connectivity index is 1.44. The van der Waals surface area contributed by atoms with Crippen molar-refractivity contribution in [3.63, 3.8) is 0 Å². The molecule has 31 heavy (non-hydrogen) atoms. The molecule has 3 aromatic carbocycles. The first-order valence-electron chi connectivity index (χ1n) is 10.3. The second-order valence-corrected chi connectivity index (χ2v) is 8.55. The molecule has 3 aromatic rings. The van der Waals surface area contributed by atoms with Gasteiger partial charge in [0.25, 0.3) is 5.91 Å².